The van der Waals surface area contributed by atoms with Gasteiger partial charge in [0.2, 0.25) is 0 Å². The SMILES string of the molecule is Cc1cc(F)ccc1Nc1cccc(Cl)c1C(N)=S. The number of anilines is 2. The van der Waals surface area contributed by atoms with Gasteiger partial charge in [-0.05, 0) is 42.8 Å². The molecule has 2 aromatic carbocycles. The molecule has 5 heteroatoms. The quantitative estimate of drug-likeness (QED) is 0.835. The molecule has 0 aromatic heterocycles. The van der Waals surface area contributed by atoms with Crippen LogP contribution >= 0.6 is 23.8 Å². The van der Waals surface area contributed by atoms with Crippen molar-refractivity contribution < 1.29 is 4.39 Å². The highest BCUT2D eigenvalue weighted by Crippen LogP contribution is 2.28. The number of nitrogens with one attached hydrogen (secondary N) is 1. The summed E-state index contributed by atoms with van der Waals surface area (Å²) in [6.45, 7) is 1.82. The fraction of sp³-hybridized carbons (Fsp3) is 0.0714. The molecular formula is C14H12ClFN2S. The molecule has 3 N–H and O–H groups in total. The van der Waals surface area contributed by atoms with Crippen LogP contribution in [0.2, 0.25) is 5.02 Å². The molecule has 19 heavy (non-hydrogen) atoms. The Bertz CT molecular complexity index is 643. The van der Waals surface area contributed by atoms with Crippen LogP contribution in [0.15, 0.2) is 36.4 Å². The number of halogens is 2. The number of hydrogen-bond acceptors (Lipinski definition) is 2. The van der Waals surface area contributed by atoms with Crippen molar-refractivity contribution in [2.24, 2.45) is 5.73 Å². The molecule has 0 saturated heterocycles. The van der Waals surface area contributed by atoms with Gasteiger partial charge in [-0.1, -0.05) is 29.9 Å². The third-order valence-corrected chi connectivity index (χ3v) is 3.24. The summed E-state index contributed by atoms with van der Waals surface area (Å²) in [7, 11) is 0. The van der Waals surface area contributed by atoms with Crippen LogP contribution in [0.4, 0.5) is 15.8 Å². The summed E-state index contributed by atoms with van der Waals surface area (Å²) in [5.74, 6) is -0.274. The van der Waals surface area contributed by atoms with E-state index in [9.17, 15) is 4.39 Å². The number of hydrogen-bond donors (Lipinski definition) is 2. The molecule has 0 amide bonds. The number of thiocarbonyl (C=S) groups is 1. The lowest BCUT2D eigenvalue weighted by molar-refractivity contribution is 0.627. The first kappa shape index (κ1) is 13.8. The van der Waals surface area contributed by atoms with Gasteiger partial charge in [0, 0.05) is 5.69 Å². The van der Waals surface area contributed by atoms with Gasteiger partial charge in [0.25, 0.3) is 0 Å². The number of rotatable bonds is 3. The van der Waals surface area contributed by atoms with Gasteiger partial charge in [-0.25, -0.2) is 4.39 Å². The average molecular weight is 295 g/mol. The van der Waals surface area contributed by atoms with E-state index in [0.717, 1.165) is 11.3 Å². The molecule has 0 saturated carbocycles. The normalized spacial score (nSPS) is 10.3. The molecule has 0 bridgehead atoms. The summed E-state index contributed by atoms with van der Waals surface area (Å²) in [6.07, 6.45) is 0. The molecule has 2 rings (SSSR count). The van der Waals surface area contributed by atoms with Gasteiger partial charge in [-0.3, -0.25) is 0 Å². The van der Waals surface area contributed by atoms with Crippen molar-refractivity contribution in [3.8, 4) is 0 Å². The maximum absolute atomic E-state index is 13.1. The Morgan fingerprint density at radius 2 is 2.00 bits per heavy atom. The van der Waals surface area contributed by atoms with Gasteiger partial charge in [0.05, 0.1) is 16.3 Å². The van der Waals surface area contributed by atoms with Gasteiger partial charge in [0.15, 0.2) is 0 Å². The summed E-state index contributed by atoms with van der Waals surface area (Å²) >= 11 is 11.1. The van der Waals surface area contributed by atoms with Crippen LogP contribution in [-0.4, -0.2) is 4.99 Å². The van der Waals surface area contributed by atoms with Gasteiger partial charge < -0.3 is 11.1 Å². The second kappa shape index (κ2) is 5.55. The Hall–Kier alpha value is -1.65. The molecule has 0 spiro atoms. The lowest BCUT2D eigenvalue weighted by atomic mass is 10.1. The van der Waals surface area contributed by atoms with E-state index in [2.05, 4.69) is 5.32 Å². The fourth-order valence-corrected chi connectivity index (χ4v) is 2.34. The zero-order valence-corrected chi connectivity index (χ0v) is 11.8. The third kappa shape index (κ3) is 3.03. The standard InChI is InChI=1S/C14H12ClFN2S/c1-8-7-9(16)5-6-11(8)18-12-4-2-3-10(15)13(12)14(17)19/h2-7,18H,1H3,(H2,17,19). The van der Waals surface area contributed by atoms with E-state index in [-0.39, 0.29) is 10.8 Å². The maximum Gasteiger partial charge on any atom is 0.123 e. The van der Waals surface area contributed by atoms with Crippen LogP contribution in [-0.2, 0) is 0 Å². The van der Waals surface area contributed by atoms with Crippen LogP contribution < -0.4 is 11.1 Å². The van der Waals surface area contributed by atoms with Crippen molar-refractivity contribution in [1.29, 1.82) is 0 Å². The number of benzene rings is 2. The molecule has 0 fully saturated rings. The highest BCUT2D eigenvalue weighted by molar-refractivity contribution is 7.80. The average Bonchev–Trinajstić information content (AvgIpc) is 2.32. The lowest BCUT2D eigenvalue weighted by Crippen LogP contribution is -2.12. The molecule has 98 valence electrons. The minimum atomic E-state index is -0.274. The van der Waals surface area contributed by atoms with Crippen LogP contribution in [0, 0.1) is 12.7 Å². The molecular weight excluding hydrogens is 283 g/mol. The topological polar surface area (TPSA) is 38.0 Å². The first-order valence-electron chi connectivity index (χ1n) is 5.60. The summed E-state index contributed by atoms with van der Waals surface area (Å²) in [5, 5.41) is 3.66. The van der Waals surface area contributed by atoms with E-state index in [1.807, 2.05) is 13.0 Å². The van der Waals surface area contributed by atoms with E-state index in [0.29, 0.717) is 16.3 Å². The van der Waals surface area contributed by atoms with Crippen molar-refractivity contribution in [1.82, 2.24) is 0 Å². The zero-order chi connectivity index (χ0) is 14.0. The molecule has 0 aliphatic rings. The maximum atomic E-state index is 13.1. The number of nitrogens with two attached hydrogens (primary N) is 1. The van der Waals surface area contributed by atoms with Gasteiger partial charge >= 0.3 is 0 Å². The highest BCUT2D eigenvalue weighted by atomic mass is 35.5. The van der Waals surface area contributed by atoms with Crippen molar-refractivity contribution >= 4 is 40.2 Å². The molecule has 0 radical (unpaired) electrons. The van der Waals surface area contributed by atoms with Gasteiger partial charge in [-0.15, -0.1) is 0 Å². The molecule has 0 aliphatic carbocycles. The van der Waals surface area contributed by atoms with E-state index in [4.69, 9.17) is 29.6 Å². The van der Waals surface area contributed by atoms with E-state index < -0.39 is 0 Å². The number of aryl methyl sites for hydroxylation is 1. The monoisotopic (exact) mass is 294 g/mol. The molecule has 0 unspecified atom stereocenters. The zero-order valence-electron chi connectivity index (χ0n) is 10.2. The minimum Gasteiger partial charge on any atom is -0.389 e. The Labute approximate surface area is 121 Å². The predicted molar refractivity (Wildman–Crippen MR) is 81.8 cm³/mol. The Balaban J connectivity index is 2.44. The second-order valence-corrected chi connectivity index (χ2v) is 4.96. The largest absolute Gasteiger partial charge is 0.389 e. The van der Waals surface area contributed by atoms with Crippen molar-refractivity contribution in [2.75, 3.05) is 5.32 Å². The van der Waals surface area contributed by atoms with Gasteiger partial charge in [0.1, 0.15) is 10.8 Å². The summed E-state index contributed by atoms with van der Waals surface area (Å²) in [5.41, 5.74) is 8.53. The van der Waals surface area contributed by atoms with Crippen LogP contribution in [0.3, 0.4) is 0 Å². The molecule has 0 heterocycles. The fourth-order valence-electron chi connectivity index (χ4n) is 1.79. The van der Waals surface area contributed by atoms with Crippen LogP contribution in [0.5, 0.6) is 0 Å². The molecule has 2 aromatic rings. The Morgan fingerprint density at radius 1 is 1.26 bits per heavy atom. The lowest BCUT2D eigenvalue weighted by Gasteiger charge is -2.14. The molecule has 0 atom stereocenters. The van der Waals surface area contributed by atoms with E-state index >= 15 is 0 Å². The first-order valence-corrected chi connectivity index (χ1v) is 6.39. The summed E-state index contributed by atoms with van der Waals surface area (Å²) in [4.78, 5) is 0.216. The Kier molecular flexibility index (Phi) is 4.02. The van der Waals surface area contributed by atoms with Crippen molar-refractivity contribution in [3.05, 3.63) is 58.4 Å². The van der Waals surface area contributed by atoms with Gasteiger partial charge in [-0.2, -0.15) is 0 Å². The third-order valence-electron chi connectivity index (χ3n) is 2.72. The van der Waals surface area contributed by atoms with Crippen molar-refractivity contribution in [3.63, 3.8) is 0 Å². The van der Waals surface area contributed by atoms with E-state index in [1.165, 1.54) is 12.1 Å². The summed E-state index contributed by atoms with van der Waals surface area (Å²) < 4.78 is 13.1. The molecule has 0 aliphatic heterocycles. The van der Waals surface area contributed by atoms with E-state index in [1.54, 1.807) is 18.2 Å². The van der Waals surface area contributed by atoms with Crippen LogP contribution in [0.1, 0.15) is 11.1 Å². The van der Waals surface area contributed by atoms with Crippen LogP contribution in [0.25, 0.3) is 0 Å². The van der Waals surface area contributed by atoms with Crippen molar-refractivity contribution in [2.45, 2.75) is 6.92 Å². The smallest absolute Gasteiger partial charge is 0.123 e. The summed E-state index contributed by atoms with van der Waals surface area (Å²) in [6, 6.07) is 9.84. The molecule has 2 nitrogen and oxygen atoms in total. The Morgan fingerprint density at radius 3 is 2.63 bits per heavy atom. The highest BCUT2D eigenvalue weighted by Gasteiger charge is 2.10. The minimum absolute atomic E-state index is 0.216. The second-order valence-electron chi connectivity index (χ2n) is 4.11. The first-order chi connectivity index (χ1) is 8.99. The predicted octanol–water partition coefficient (Wildman–Crippen LogP) is 4.17.